The summed E-state index contributed by atoms with van der Waals surface area (Å²) in [5, 5.41) is 5.19. The number of hydrogen-bond donors (Lipinski definition) is 0. The fourth-order valence-corrected chi connectivity index (χ4v) is 4.31. The normalized spacial score (nSPS) is 11.0. The van der Waals surface area contributed by atoms with Crippen LogP contribution in [0.5, 0.6) is 5.75 Å². The summed E-state index contributed by atoms with van der Waals surface area (Å²) in [5.41, 5.74) is 4.58. The number of amides is 1. The molecule has 2 aromatic carbocycles. The van der Waals surface area contributed by atoms with Gasteiger partial charge in [0.25, 0.3) is 11.7 Å². The molecular formula is C24H25N5O2S. The molecule has 8 heteroatoms. The Hall–Kier alpha value is -3.39. The van der Waals surface area contributed by atoms with E-state index in [1.165, 1.54) is 11.8 Å². The zero-order chi connectivity index (χ0) is 22.7. The lowest BCUT2D eigenvalue weighted by Gasteiger charge is -2.19. The third kappa shape index (κ3) is 4.75. The van der Waals surface area contributed by atoms with Crippen molar-refractivity contribution in [2.75, 3.05) is 14.2 Å². The van der Waals surface area contributed by atoms with E-state index in [2.05, 4.69) is 15.1 Å². The third-order valence-electron chi connectivity index (χ3n) is 5.13. The third-order valence-corrected chi connectivity index (χ3v) is 6.02. The van der Waals surface area contributed by atoms with Crippen LogP contribution in [0.3, 0.4) is 0 Å². The zero-order valence-corrected chi connectivity index (χ0v) is 19.4. The number of aromatic nitrogens is 4. The summed E-state index contributed by atoms with van der Waals surface area (Å²) in [4.78, 5) is 23.9. The summed E-state index contributed by atoms with van der Waals surface area (Å²) >= 11 is 1.50. The molecule has 4 rings (SSSR count). The van der Waals surface area contributed by atoms with Crippen LogP contribution in [0.4, 0.5) is 0 Å². The Morgan fingerprint density at radius 1 is 1.09 bits per heavy atom. The average molecular weight is 448 g/mol. The number of ether oxygens (including phenoxy) is 1. The molecule has 7 nitrogen and oxygen atoms in total. The van der Waals surface area contributed by atoms with Crippen LogP contribution in [-0.2, 0) is 12.3 Å². The van der Waals surface area contributed by atoms with Crippen LogP contribution < -0.4 is 4.74 Å². The van der Waals surface area contributed by atoms with Gasteiger partial charge in [-0.3, -0.25) is 4.79 Å². The van der Waals surface area contributed by atoms with Crippen molar-refractivity contribution in [1.82, 2.24) is 24.5 Å². The first-order valence-electron chi connectivity index (χ1n) is 10.2. The van der Waals surface area contributed by atoms with Crippen molar-refractivity contribution in [2.45, 2.75) is 31.3 Å². The summed E-state index contributed by atoms with van der Waals surface area (Å²) in [6, 6.07) is 17.4. The Morgan fingerprint density at radius 2 is 1.84 bits per heavy atom. The van der Waals surface area contributed by atoms with Crippen LogP contribution in [0.1, 0.15) is 32.9 Å². The van der Waals surface area contributed by atoms with Crippen molar-refractivity contribution < 1.29 is 9.53 Å². The van der Waals surface area contributed by atoms with E-state index in [9.17, 15) is 4.79 Å². The maximum Gasteiger partial charge on any atom is 0.254 e. The Balaban J connectivity index is 1.48. The number of thioether (sulfide) groups is 1. The molecule has 0 unspecified atom stereocenters. The minimum absolute atomic E-state index is 0.0203. The Morgan fingerprint density at radius 3 is 2.59 bits per heavy atom. The molecule has 0 atom stereocenters. The van der Waals surface area contributed by atoms with Gasteiger partial charge in [-0.1, -0.05) is 42.1 Å². The van der Waals surface area contributed by atoms with Gasteiger partial charge in [-0.25, -0.2) is 9.50 Å². The van der Waals surface area contributed by atoms with E-state index in [-0.39, 0.29) is 5.91 Å². The van der Waals surface area contributed by atoms with E-state index in [1.807, 2.05) is 75.5 Å². The van der Waals surface area contributed by atoms with E-state index in [0.29, 0.717) is 28.8 Å². The second-order valence-electron chi connectivity index (χ2n) is 7.60. The zero-order valence-electron chi connectivity index (χ0n) is 18.6. The van der Waals surface area contributed by atoms with E-state index < -0.39 is 0 Å². The highest BCUT2D eigenvalue weighted by Gasteiger charge is 2.17. The van der Waals surface area contributed by atoms with E-state index in [4.69, 9.17) is 4.74 Å². The van der Waals surface area contributed by atoms with Crippen LogP contribution in [0, 0.1) is 13.8 Å². The standard InChI is InChI=1S/C24H25N5O2S/c1-16-13-17(2)29-23(25-16)26-24(27-29)32-15-19-7-5-6-8-21(19)22(30)28(3)14-18-9-11-20(31-4)12-10-18/h5-13H,14-15H2,1-4H3. The van der Waals surface area contributed by atoms with Crippen LogP contribution in [0.15, 0.2) is 59.8 Å². The molecule has 2 aromatic heterocycles. The molecule has 0 saturated carbocycles. The minimum Gasteiger partial charge on any atom is -0.497 e. The van der Waals surface area contributed by atoms with Crippen molar-refractivity contribution in [3.63, 3.8) is 0 Å². The van der Waals surface area contributed by atoms with Gasteiger partial charge in [-0.05, 0) is 49.2 Å². The highest BCUT2D eigenvalue weighted by molar-refractivity contribution is 7.98. The monoisotopic (exact) mass is 447 g/mol. The molecule has 0 spiro atoms. The van der Waals surface area contributed by atoms with Crippen LogP contribution in [0.25, 0.3) is 5.78 Å². The summed E-state index contributed by atoms with van der Waals surface area (Å²) in [5.74, 6) is 1.96. The van der Waals surface area contributed by atoms with Gasteiger partial charge >= 0.3 is 0 Å². The average Bonchev–Trinajstić information content (AvgIpc) is 3.21. The molecule has 0 aliphatic carbocycles. The summed E-state index contributed by atoms with van der Waals surface area (Å²) < 4.78 is 6.95. The molecule has 0 aliphatic rings. The predicted molar refractivity (Wildman–Crippen MR) is 125 cm³/mol. The topological polar surface area (TPSA) is 72.6 Å². The quantitative estimate of drug-likeness (QED) is 0.393. The largest absolute Gasteiger partial charge is 0.497 e. The van der Waals surface area contributed by atoms with E-state index >= 15 is 0 Å². The number of nitrogens with zero attached hydrogens (tertiary/aromatic N) is 5. The van der Waals surface area contributed by atoms with Crippen molar-refractivity contribution >= 4 is 23.4 Å². The lowest BCUT2D eigenvalue weighted by Crippen LogP contribution is -2.27. The van der Waals surface area contributed by atoms with Gasteiger partial charge in [0.1, 0.15) is 5.75 Å². The number of benzene rings is 2. The fraction of sp³-hybridized carbons (Fsp3) is 0.250. The lowest BCUT2D eigenvalue weighted by atomic mass is 10.1. The number of aryl methyl sites for hydroxylation is 2. The second kappa shape index (κ2) is 9.40. The van der Waals surface area contributed by atoms with Gasteiger partial charge in [-0.2, -0.15) is 4.98 Å². The summed E-state index contributed by atoms with van der Waals surface area (Å²) in [6.45, 7) is 4.44. The number of rotatable bonds is 7. The van der Waals surface area contributed by atoms with Crippen molar-refractivity contribution in [3.05, 3.63) is 82.7 Å². The number of carbonyl (C=O) groups excluding carboxylic acids is 1. The number of methoxy groups -OCH3 is 1. The van der Waals surface area contributed by atoms with Crippen molar-refractivity contribution in [1.29, 1.82) is 0 Å². The first kappa shape index (κ1) is 21.8. The molecule has 0 bridgehead atoms. The van der Waals surface area contributed by atoms with Gasteiger partial charge < -0.3 is 9.64 Å². The second-order valence-corrected chi connectivity index (χ2v) is 8.54. The van der Waals surface area contributed by atoms with Crippen molar-refractivity contribution in [3.8, 4) is 5.75 Å². The summed E-state index contributed by atoms with van der Waals surface area (Å²) in [7, 11) is 3.46. The molecule has 0 radical (unpaired) electrons. The van der Waals surface area contributed by atoms with Crippen molar-refractivity contribution in [2.24, 2.45) is 0 Å². The first-order chi connectivity index (χ1) is 15.4. The predicted octanol–water partition coefficient (Wildman–Crippen LogP) is 4.31. The van der Waals surface area contributed by atoms with Gasteiger partial charge in [0.15, 0.2) is 0 Å². The molecular weight excluding hydrogens is 422 g/mol. The lowest BCUT2D eigenvalue weighted by molar-refractivity contribution is 0.0784. The van der Waals surface area contributed by atoms with Crippen LogP contribution >= 0.6 is 11.8 Å². The summed E-state index contributed by atoms with van der Waals surface area (Å²) in [6.07, 6.45) is 0. The molecule has 4 aromatic rings. The van der Waals surface area contributed by atoms with Gasteiger partial charge in [0.05, 0.1) is 7.11 Å². The highest BCUT2D eigenvalue weighted by atomic mass is 32.2. The highest BCUT2D eigenvalue weighted by Crippen LogP contribution is 2.24. The molecule has 164 valence electrons. The van der Waals surface area contributed by atoms with E-state index in [1.54, 1.807) is 16.5 Å². The molecule has 0 aliphatic heterocycles. The molecule has 0 saturated heterocycles. The molecule has 2 heterocycles. The number of hydrogen-bond acceptors (Lipinski definition) is 6. The number of carbonyl (C=O) groups is 1. The van der Waals surface area contributed by atoms with Gasteiger partial charge in [0, 0.05) is 36.3 Å². The molecule has 0 N–H and O–H groups in total. The van der Waals surface area contributed by atoms with Gasteiger partial charge in [-0.15, -0.1) is 5.10 Å². The smallest absolute Gasteiger partial charge is 0.254 e. The van der Waals surface area contributed by atoms with Gasteiger partial charge in [0.2, 0.25) is 5.16 Å². The molecule has 32 heavy (non-hydrogen) atoms. The minimum atomic E-state index is -0.0203. The first-order valence-corrected chi connectivity index (χ1v) is 11.2. The maximum absolute atomic E-state index is 13.2. The Labute approximate surface area is 191 Å². The van der Waals surface area contributed by atoms with Crippen LogP contribution in [-0.4, -0.2) is 44.5 Å². The van der Waals surface area contributed by atoms with Crippen LogP contribution in [0.2, 0.25) is 0 Å². The molecule has 0 fully saturated rings. The Bertz CT molecular complexity index is 1250. The maximum atomic E-state index is 13.2. The fourth-order valence-electron chi connectivity index (χ4n) is 3.49. The number of fused-ring (bicyclic) bond motifs is 1. The Kier molecular flexibility index (Phi) is 6.41. The van der Waals surface area contributed by atoms with E-state index in [0.717, 1.165) is 28.3 Å². The molecule has 1 amide bonds. The SMILES string of the molecule is COc1ccc(CN(C)C(=O)c2ccccc2CSc2nc3nc(C)cc(C)n3n2)cc1.